The van der Waals surface area contributed by atoms with Crippen LogP contribution in [0.3, 0.4) is 0 Å². The summed E-state index contributed by atoms with van der Waals surface area (Å²) in [4.78, 5) is 11.7. The van der Waals surface area contributed by atoms with Crippen LogP contribution >= 0.6 is 0 Å². The minimum Gasteiger partial charge on any atom is -0.483 e. The Morgan fingerprint density at radius 3 is 2.42 bits per heavy atom. The third kappa shape index (κ3) is 7.25. The van der Waals surface area contributed by atoms with Gasteiger partial charge < -0.3 is 14.6 Å². The summed E-state index contributed by atoms with van der Waals surface area (Å²) in [5, 5.41) is 9.56. The number of fused-ring (bicyclic) bond motifs is 1. The molecule has 1 aromatic rings. The molecule has 1 aromatic carbocycles. The summed E-state index contributed by atoms with van der Waals surface area (Å²) in [6, 6.07) is 0. The molecule has 0 fully saturated rings. The van der Waals surface area contributed by atoms with Crippen LogP contribution in [-0.2, 0) is 11.2 Å². The van der Waals surface area contributed by atoms with Crippen molar-refractivity contribution in [2.75, 3.05) is 0 Å². The summed E-state index contributed by atoms with van der Waals surface area (Å²) in [5.41, 5.74) is 3.87. The van der Waals surface area contributed by atoms with Crippen molar-refractivity contribution in [2.24, 2.45) is 11.8 Å². The van der Waals surface area contributed by atoms with Crippen molar-refractivity contribution in [3.63, 3.8) is 0 Å². The van der Waals surface area contributed by atoms with Gasteiger partial charge in [-0.15, -0.1) is 0 Å². The van der Waals surface area contributed by atoms with Gasteiger partial charge in [-0.05, 0) is 88.0 Å². The Morgan fingerprint density at radius 1 is 1.12 bits per heavy atom. The molecule has 1 aliphatic heterocycles. The zero-order chi connectivity index (χ0) is 24.8. The molecule has 0 radical (unpaired) electrons. The molecule has 186 valence electrons. The number of carboxylic acids is 1. The number of ether oxygens (including phenoxy) is 2. The lowest BCUT2D eigenvalue weighted by Gasteiger charge is -2.36. The maximum absolute atomic E-state index is 11.7. The van der Waals surface area contributed by atoms with Gasteiger partial charge in [0.25, 0.3) is 0 Å². The Kier molecular flexibility index (Phi) is 9.87. The van der Waals surface area contributed by atoms with Crippen LogP contribution in [0.15, 0.2) is 12.2 Å². The lowest BCUT2D eigenvalue weighted by Crippen LogP contribution is -2.35. The van der Waals surface area contributed by atoms with Gasteiger partial charge in [0.2, 0.25) is 0 Å². The highest BCUT2D eigenvalue weighted by Crippen LogP contribution is 2.44. The van der Waals surface area contributed by atoms with E-state index in [1.54, 1.807) is 0 Å². The van der Waals surface area contributed by atoms with E-state index in [1.807, 2.05) is 20.8 Å². The molecule has 3 unspecified atom stereocenters. The van der Waals surface area contributed by atoms with E-state index in [1.165, 1.54) is 19.3 Å². The summed E-state index contributed by atoms with van der Waals surface area (Å²) < 4.78 is 12.6. The van der Waals surface area contributed by atoms with Crippen LogP contribution in [0.5, 0.6) is 11.5 Å². The molecule has 0 spiro atoms. The van der Waals surface area contributed by atoms with Gasteiger partial charge >= 0.3 is 5.97 Å². The molecule has 0 aliphatic carbocycles. The van der Waals surface area contributed by atoms with E-state index in [4.69, 9.17) is 9.47 Å². The Labute approximate surface area is 201 Å². The fourth-order valence-corrected chi connectivity index (χ4v) is 4.73. The first-order chi connectivity index (χ1) is 15.5. The highest BCUT2D eigenvalue weighted by molar-refractivity contribution is 5.73. The van der Waals surface area contributed by atoms with Crippen LogP contribution in [0.2, 0.25) is 0 Å². The number of hydrogen-bond donors (Lipinski definition) is 1. The van der Waals surface area contributed by atoms with Crippen molar-refractivity contribution >= 4 is 5.97 Å². The standard InChI is InChI=1S/C29H46O4/c1-9-12-25(28(30)31)32-26-21(5)22(6)27-24(23(26)7)16-18-29(8,33-27)17-11-15-20(4)14-10-13-19(2)3/h11,17,19-20,25H,9-10,12-16,18H2,1-8H3,(H,30,31). The van der Waals surface area contributed by atoms with Gasteiger partial charge in [0, 0.05) is 5.56 Å². The SMILES string of the molecule is CCCC(Oc1c(C)c(C)c2c(c1C)CCC(C)(C=CCC(C)CCCC(C)C)O2)C(=O)O. The molecule has 4 nitrogen and oxygen atoms in total. The second kappa shape index (κ2) is 11.9. The minimum absolute atomic E-state index is 0.317. The van der Waals surface area contributed by atoms with Crippen molar-refractivity contribution in [3.05, 3.63) is 34.4 Å². The van der Waals surface area contributed by atoms with Crippen LogP contribution in [0, 0.1) is 32.6 Å². The molecule has 1 aliphatic rings. The molecule has 0 saturated heterocycles. The number of aliphatic carboxylic acids is 1. The Hall–Kier alpha value is -1.97. The second-order valence-electron chi connectivity index (χ2n) is 10.7. The average molecular weight is 459 g/mol. The van der Waals surface area contributed by atoms with E-state index in [-0.39, 0.29) is 5.60 Å². The van der Waals surface area contributed by atoms with Crippen molar-refractivity contribution in [3.8, 4) is 11.5 Å². The predicted molar refractivity (Wildman–Crippen MR) is 137 cm³/mol. The van der Waals surface area contributed by atoms with E-state index < -0.39 is 12.1 Å². The molecular formula is C29H46O4. The number of hydrogen-bond acceptors (Lipinski definition) is 3. The molecule has 2 rings (SSSR count). The Morgan fingerprint density at radius 2 is 1.82 bits per heavy atom. The first-order valence-corrected chi connectivity index (χ1v) is 12.9. The molecule has 1 heterocycles. The predicted octanol–water partition coefficient (Wildman–Crippen LogP) is 7.74. The first-order valence-electron chi connectivity index (χ1n) is 12.9. The average Bonchev–Trinajstić information content (AvgIpc) is 2.73. The van der Waals surface area contributed by atoms with Gasteiger partial charge in [0.05, 0.1) is 0 Å². The maximum atomic E-state index is 11.7. The molecule has 4 heteroatoms. The van der Waals surface area contributed by atoms with Crippen LogP contribution in [0.25, 0.3) is 0 Å². The summed E-state index contributed by atoms with van der Waals surface area (Å²) in [7, 11) is 0. The maximum Gasteiger partial charge on any atom is 0.344 e. The minimum atomic E-state index is -0.904. The first kappa shape index (κ1) is 27.3. The van der Waals surface area contributed by atoms with E-state index >= 15 is 0 Å². The van der Waals surface area contributed by atoms with Gasteiger partial charge in [-0.1, -0.05) is 59.5 Å². The third-order valence-electron chi connectivity index (χ3n) is 7.09. The largest absolute Gasteiger partial charge is 0.483 e. The summed E-state index contributed by atoms with van der Waals surface area (Å²) >= 11 is 0. The summed E-state index contributed by atoms with van der Waals surface area (Å²) in [6.07, 6.45) is 11.8. The van der Waals surface area contributed by atoms with Gasteiger partial charge in [-0.3, -0.25) is 0 Å². The quantitative estimate of drug-likeness (QED) is 0.325. The number of allylic oxidation sites excluding steroid dienone is 1. The zero-order valence-corrected chi connectivity index (χ0v) is 22.2. The Balaban J connectivity index is 2.16. The monoisotopic (exact) mass is 458 g/mol. The van der Waals surface area contributed by atoms with Crippen LogP contribution in [-0.4, -0.2) is 22.8 Å². The van der Waals surface area contributed by atoms with Gasteiger partial charge in [0.1, 0.15) is 17.1 Å². The summed E-state index contributed by atoms with van der Waals surface area (Å²) in [6.45, 7) is 17.2. The zero-order valence-electron chi connectivity index (χ0n) is 22.2. The molecule has 0 aromatic heterocycles. The van der Waals surface area contributed by atoms with Crippen molar-refractivity contribution < 1.29 is 19.4 Å². The lowest BCUT2D eigenvalue weighted by molar-refractivity contribution is -0.145. The molecule has 0 amide bonds. The topological polar surface area (TPSA) is 55.8 Å². The van der Waals surface area contributed by atoms with E-state index in [0.717, 1.165) is 59.6 Å². The Bertz CT molecular complexity index is 839. The lowest BCUT2D eigenvalue weighted by atomic mass is 9.86. The molecule has 0 saturated carbocycles. The molecule has 3 atom stereocenters. The highest BCUT2D eigenvalue weighted by atomic mass is 16.5. The van der Waals surface area contributed by atoms with Gasteiger partial charge in [-0.2, -0.15) is 0 Å². The fraction of sp³-hybridized carbons (Fsp3) is 0.690. The van der Waals surface area contributed by atoms with Crippen molar-refractivity contribution in [1.29, 1.82) is 0 Å². The number of carboxylic acid groups (broad SMARTS) is 1. The number of rotatable bonds is 12. The van der Waals surface area contributed by atoms with Gasteiger partial charge in [0.15, 0.2) is 6.10 Å². The van der Waals surface area contributed by atoms with Crippen LogP contribution in [0.1, 0.15) is 102 Å². The third-order valence-corrected chi connectivity index (χ3v) is 7.09. The van der Waals surface area contributed by atoms with E-state index in [0.29, 0.717) is 18.1 Å². The second-order valence-corrected chi connectivity index (χ2v) is 10.7. The number of benzene rings is 1. The fourth-order valence-electron chi connectivity index (χ4n) is 4.73. The molecule has 0 bridgehead atoms. The van der Waals surface area contributed by atoms with Crippen molar-refractivity contribution in [1.82, 2.24) is 0 Å². The number of carbonyl (C=O) groups is 1. The smallest absolute Gasteiger partial charge is 0.344 e. The van der Waals surface area contributed by atoms with Gasteiger partial charge in [-0.25, -0.2) is 4.79 Å². The van der Waals surface area contributed by atoms with Crippen molar-refractivity contribution in [2.45, 2.75) is 118 Å². The molecule has 33 heavy (non-hydrogen) atoms. The van der Waals surface area contributed by atoms with Crippen LogP contribution < -0.4 is 9.47 Å². The normalized spacial score (nSPS) is 19.9. The molecule has 1 N–H and O–H groups in total. The summed E-state index contributed by atoms with van der Waals surface area (Å²) in [5.74, 6) is 2.23. The van der Waals surface area contributed by atoms with E-state index in [9.17, 15) is 9.90 Å². The van der Waals surface area contributed by atoms with Crippen LogP contribution in [0.4, 0.5) is 0 Å². The highest BCUT2D eigenvalue weighted by Gasteiger charge is 2.33. The molecular weight excluding hydrogens is 412 g/mol. The van der Waals surface area contributed by atoms with E-state index in [2.05, 4.69) is 46.8 Å².